The number of hydrogen-bond acceptors (Lipinski definition) is 4. The summed E-state index contributed by atoms with van der Waals surface area (Å²) < 4.78 is 10.7. The third kappa shape index (κ3) is 5.21. The number of methoxy groups -OCH3 is 1. The van der Waals surface area contributed by atoms with E-state index in [-0.39, 0.29) is 17.0 Å². The fourth-order valence-electron chi connectivity index (χ4n) is 2.76. The van der Waals surface area contributed by atoms with E-state index in [4.69, 9.17) is 14.6 Å². The van der Waals surface area contributed by atoms with Gasteiger partial charge in [0.15, 0.2) is 0 Å². The van der Waals surface area contributed by atoms with Gasteiger partial charge in [0.2, 0.25) is 0 Å². The molecule has 0 spiro atoms. The van der Waals surface area contributed by atoms with Gasteiger partial charge >= 0.3 is 12.0 Å². The molecule has 0 aromatic heterocycles. The summed E-state index contributed by atoms with van der Waals surface area (Å²) >= 11 is 0. The highest BCUT2D eigenvalue weighted by atomic mass is 16.5. The zero-order valence-corrected chi connectivity index (χ0v) is 13.8. The van der Waals surface area contributed by atoms with Crippen molar-refractivity contribution in [2.75, 3.05) is 33.5 Å². The second kappa shape index (κ2) is 8.65. The number of amides is 2. The van der Waals surface area contributed by atoms with Crippen LogP contribution in [0.15, 0.2) is 24.3 Å². The number of carboxylic acids is 1. The van der Waals surface area contributed by atoms with E-state index in [0.29, 0.717) is 32.9 Å². The lowest BCUT2D eigenvalue weighted by atomic mass is 9.81. The minimum Gasteiger partial charge on any atom is -0.478 e. The van der Waals surface area contributed by atoms with Crippen LogP contribution in [0, 0.1) is 5.41 Å². The van der Waals surface area contributed by atoms with Crippen molar-refractivity contribution in [3.63, 3.8) is 0 Å². The van der Waals surface area contributed by atoms with Gasteiger partial charge in [-0.25, -0.2) is 9.59 Å². The highest BCUT2D eigenvalue weighted by Crippen LogP contribution is 2.29. The summed E-state index contributed by atoms with van der Waals surface area (Å²) in [7, 11) is 1.66. The summed E-state index contributed by atoms with van der Waals surface area (Å²) in [6, 6.07) is 6.17. The highest BCUT2D eigenvalue weighted by Gasteiger charge is 2.33. The van der Waals surface area contributed by atoms with Crippen molar-refractivity contribution < 1.29 is 24.2 Å². The molecule has 1 aliphatic heterocycles. The van der Waals surface area contributed by atoms with E-state index in [2.05, 4.69) is 10.6 Å². The van der Waals surface area contributed by atoms with Crippen molar-refractivity contribution in [2.24, 2.45) is 5.41 Å². The number of carboxylic acid groups (broad SMARTS) is 1. The van der Waals surface area contributed by atoms with E-state index in [9.17, 15) is 9.59 Å². The Bertz CT molecular complexity index is 547. The second-order valence-corrected chi connectivity index (χ2v) is 6.08. The molecule has 2 rings (SSSR count). The minimum absolute atomic E-state index is 0.0759. The predicted octanol–water partition coefficient (Wildman–Crippen LogP) is 1.63. The Morgan fingerprint density at radius 1 is 1.21 bits per heavy atom. The maximum absolute atomic E-state index is 12.0. The van der Waals surface area contributed by atoms with Crippen LogP contribution < -0.4 is 10.6 Å². The van der Waals surface area contributed by atoms with Gasteiger partial charge in [0, 0.05) is 38.8 Å². The summed E-state index contributed by atoms with van der Waals surface area (Å²) in [6.07, 6.45) is 1.72. The number of aromatic carboxylic acids is 1. The fourth-order valence-corrected chi connectivity index (χ4v) is 2.76. The molecule has 2 amide bonds. The van der Waals surface area contributed by atoms with Crippen LogP contribution in [0.4, 0.5) is 4.79 Å². The molecule has 0 atom stereocenters. The Morgan fingerprint density at radius 2 is 1.88 bits per heavy atom. The molecule has 1 heterocycles. The van der Waals surface area contributed by atoms with Crippen LogP contribution in [0.25, 0.3) is 0 Å². The molecule has 1 aromatic rings. The van der Waals surface area contributed by atoms with Crippen molar-refractivity contribution in [2.45, 2.75) is 19.4 Å². The lowest BCUT2D eigenvalue weighted by molar-refractivity contribution is -0.0254. The number of hydrogen-bond donors (Lipinski definition) is 3. The largest absolute Gasteiger partial charge is 0.478 e. The zero-order valence-electron chi connectivity index (χ0n) is 13.8. The molecule has 0 unspecified atom stereocenters. The highest BCUT2D eigenvalue weighted by molar-refractivity contribution is 5.87. The van der Waals surface area contributed by atoms with Gasteiger partial charge in [-0.3, -0.25) is 0 Å². The molecule has 0 bridgehead atoms. The monoisotopic (exact) mass is 336 g/mol. The van der Waals surface area contributed by atoms with E-state index >= 15 is 0 Å². The minimum atomic E-state index is -0.966. The number of benzene rings is 1. The lowest BCUT2D eigenvalue weighted by Crippen LogP contribution is -2.46. The first-order valence-electron chi connectivity index (χ1n) is 7.95. The molecule has 0 aliphatic carbocycles. The molecule has 7 nitrogen and oxygen atoms in total. The Morgan fingerprint density at radius 3 is 2.46 bits per heavy atom. The number of rotatable bonds is 7. The van der Waals surface area contributed by atoms with E-state index in [0.717, 1.165) is 18.4 Å². The fraction of sp³-hybridized carbons (Fsp3) is 0.529. The van der Waals surface area contributed by atoms with Gasteiger partial charge in [-0.15, -0.1) is 0 Å². The van der Waals surface area contributed by atoms with E-state index < -0.39 is 5.97 Å². The van der Waals surface area contributed by atoms with Gasteiger partial charge in [-0.05, 0) is 30.5 Å². The molecule has 3 N–H and O–H groups in total. The molecule has 24 heavy (non-hydrogen) atoms. The van der Waals surface area contributed by atoms with Crippen molar-refractivity contribution in [3.8, 4) is 0 Å². The molecular weight excluding hydrogens is 312 g/mol. The van der Waals surface area contributed by atoms with Gasteiger partial charge in [-0.1, -0.05) is 12.1 Å². The van der Waals surface area contributed by atoms with Crippen molar-refractivity contribution in [1.82, 2.24) is 10.6 Å². The van der Waals surface area contributed by atoms with Crippen molar-refractivity contribution in [1.29, 1.82) is 0 Å². The van der Waals surface area contributed by atoms with Crippen LogP contribution >= 0.6 is 0 Å². The average molecular weight is 336 g/mol. The van der Waals surface area contributed by atoms with Gasteiger partial charge in [0.05, 0.1) is 12.2 Å². The smallest absolute Gasteiger partial charge is 0.335 e. The normalized spacial score (nSPS) is 16.4. The number of ether oxygens (including phenoxy) is 2. The molecule has 1 saturated heterocycles. The topological polar surface area (TPSA) is 96.9 Å². The molecule has 1 aliphatic rings. The first-order chi connectivity index (χ1) is 11.5. The third-order valence-corrected chi connectivity index (χ3v) is 4.28. The molecule has 0 radical (unpaired) electrons. The third-order valence-electron chi connectivity index (χ3n) is 4.28. The van der Waals surface area contributed by atoms with Gasteiger partial charge in [0.1, 0.15) is 0 Å². The zero-order chi connectivity index (χ0) is 17.4. The number of carbonyl (C=O) groups excluding carboxylic acids is 1. The predicted molar refractivity (Wildman–Crippen MR) is 88.0 cm³/mol. The molecule has 1 aromatic carbocycles. The average Bonchev–Trinajstić information content (AvgIpc) is 2.60. The molecule has 1 fully saturated rings. The van der Waals surface area contributed by atoms with Gasteiger partial charge < -0.3 is 25.2 Å². The Balaban J connectivity index is 1.78. The number of carbonyl (C=O) groups is 2. The maximum Gasteiger partial charge on any atom is 0.335 e. The Kier molecular flexibility index (Phi) is 6.57. The molecular formula is C17H24N2O5. The Hall–Kier alpha value is -2.12. The molecule has 7 heteroatoms. The lowest BCUT2D eigenvalue weighted by Gasteiger charge is -2.36. The van der Waals surface area contributed by atoms with E-state index in [1.165, 1.54) is 12.1 Å². The summed E-state index contributed by atoms with van der Waals surface area (Å²) in [4.78, 5) is 22.8. The quantitative estimate of drug-likeness (QED) is 0.703. The SMILES string of the molecule is COCC1(CNC(=O)NCc2ccc(C(=O)O)cc2)CCOCC1. The Labute approximate surface area is 141 Å². The molecule has 0 saturated carbocycles. The van der Waals surface area contributed by atoms with Crippen LogP contribution in [0.3, 0.4) is 0 Å². The van der Waals surface area contributed by atoms with Crippen LogP contribution in [-0.4, -0.2) is 50.6 Å². The summed E-state index contributed by atoms with van der Waals surface area (Å²) in [5, 5.41) is 14.5. The van der Waals surface area contributed by atoms with Crippen molar-refractivity contribution >= 4 is 12.0 Å². The summed E-state index contributed by atoms with van der Waals surface area (Å²) in [5.74, 6) is -0.966. The summed E-state index contributed by atoms with van der Waals surface area (Å²) in [5.41, 5.74) is 0.991. The van der Waals surface area contributed by atoms with Gasteiger partial charge in [0.25, 0.3) is 0 Å². The van der Waals surface area contributed by atoms with E-state index in [1.807, 2.05) is 0 Å². The van der Waals surface area contributed by atoms with Crippen molar-refractivity contribution in [3.05, 3.63) is 35.4 Å². The van der Waals surface area contributed by atoms with Crippen LogP contribution in [0.5, 0.6) is 0 Å². The van der Waals surface area contributed by atoms with Crippen LogP contribution in [0.1, 0.15) is 28.8 Å². The van der Waals surface area contributed by atoms with Crippen LogP contribution in [0.2, 0.25) is 0 Å². The summed E-state index contributed by atoms with van der Waals surface area (Å²) in [6.45, 7) is 2.83. The number of urea groups is 1. The van der Waals surface area contributed by atoms with Crippen LogP contribution in [-0.2, 0) is 16.0 Å². The standard InChI is InChI=1S/C17H24N2O5/c1-23-12-17(6-8-24-9-7-17)11-19-16(22)18-10-13-2-4-14(5-3-13)15(20)21/h2-5H,6-12H2,1H3,(H,20,21)(H2,18,19,22). The number of nitrogens with one attached hydrogen (secondary N) is 2. The maximum atomic E-state index is 12.0. The second-order valence-electron chi connectivity index (χ2n) is 6.08. The first kappa shape index (κ1) is 18.2. The van der Waals surface area contributed by atoms with E-state index in [1.54, 1.807) is 19.2 Å². The molecule has 132 valence electrons. The first-order valence-corrected chi connectivity index (χ1v) is 7.95. The van der Waals surface area contributed by atoms with Gasteiger partial charge in [-0.2, -0.15) is 0 Å².